The molecular weight excluding hydrogens is 456 g/mol. The number of carbonyl (C=O) groups excluding carboxylic acids is 1. The van der Waals surface area contributed by atoms with E-state index < -0.39 is 12.2 Å². The molecule has 0 unspecified atom stereocenters. The van der Waals surface area contributed by atoms with E-state index in [0.29, 0.717) is 39.0 Å². The summed E-state index contributed by atoms with van der Waals surface area (Å²) in [7, 11) is 0. The molecule has 0 saturated heterocycles. The molecule has 9 nitrogen and oxygen atoms in total. The maximum atomic E-state index is 12.9. The van der Waals surface area contributed by atoms with Gasteiger partial charge in [-0.25, -0.2) is 14.6 Å². The fourth-order valence-corrected chi connectivity index (χ4v) is 3.73. The highest BCUT2D eigenvalue weighted by Crippen LogP contribution is 2.32. The van der Waals surface area contributed by atoms with E-state index in [1.165, 1.54) is 18.3 Å². The van der Waals surface area contributed by atoms with Crippen LogP contribution in [0.4, 0.5) is 8.78 Å². The van der Waals surface area contributed by atoms with Crippen molar-refractivity contribution in [2.24, 2.45) is 0 Å². The van der Waals surface area contributed by atoms with Crippen molar-refractivity contribution < 1.29 is 18.3 Å². The number of hydrogen-bond acceptors (Lipinski definition) is 6. The van der Waals surface area contributed by atoms with Gasteiger partial charge in [0.25, 0.3) is 5.91 Å². The molecule has 5 aromatic rings. The molecule has 0 atom stereocenters. The Balaban J connectivity index is 1.68. The number of halogens is 2. The summed E-state index contributed by atoms with van der Waals surface area (Å²) in [5.74, 6) is -0.307. The summed E-state index contributed by atoms with van der Waals surface area (Å²) in [5.41, 5.74) is 2.84. The van der Waals surface area contributed by atoms with Crippen LogP contribution in [0.3, 0.4) is 0 Å². The van der Waals surface area contributed by atoms with Gasteiger partial charge in [0.05, 0.1) is 23.0 Å². The number of aromatic amines is 1. The lowest BCUT2D eigenvalue weighted by molar-refractivity contribution is -0.0497. The molecule has 1 amide bonds. The Bertz CT molecular complexity index is 1540. The molecule has 178 valence electrons. The number of fused-ring (bicyclic) bond motifs is 2. The average Bonchev–Trinajstić information content (AvgIpc) is 3.39. The Hall–Kier alpha value is -4.41. The predicted octanol–water partition coefficient (Wildman–Crippen LogP) is 4.49. The van der Waals surface area contributed by atoms with Gasteiger partial charge < -0.3 is 15.0 Å². The minimum absolute atomic E-state index is 0.0102. The van der Waals surface area contributed by atoms with Crippen LogP contribution in [0.1, 0.15) is 31.1 Å². The van der Waals surface area contributed by atoms with E-state index in [-0.39, 0.29) is 11.7 Å². The van der Waals surface area contributed by atoms with E-state index in [9.17, 15) is 13.6 Å². The number of nitrogens with zero attached hydrogens (tertiary/aromatic N) is 5. The van der Waals surface area contributed by atoms with Crippen LogP contribution < -0.4 is 10.1 Å². The van der Waals surface area contributed by atoms with Crippen molar-refractivity contribution in [1.29, 1.82) is 0 Å². The standard InChI is InChI=1S/C24H21F2N7O2/c1-24(2,3)31-22(34)16-11-28-21-20(16)30-17(12-29-21)19-15-10-14(35-23(25)26)4-5-18(15)33(32-19)13-6-8-27-9-7-13/h4-12,23H,1-3H3,(H,28,29)(H,31,34). The Morgan fingerprint density at radius 1 is 1.17 bits per heavy atom. The molecule has 0 aliphatic rings. The van der Waals surface area contributed by atoms with Crippen molar-refractivity contribution in [1.82, 2.24) is 35.0 Å². The van der Waals surface area contributed by atoms with E-state index in [4.69, 9.17) is 5.10 Å². The molecule has 0 bridgehead atoms. The summed E-state index contributed by atoms with van der Waals surface area (Å²) >= 11 is 0. The number of ether oxygens (including phenoxy) is 1. The average molecular weight is 477 g/mol. The van der Waals surface area contributed by atoms with Crippen molar-refractivity contribution in [3.05, 3.63) is 60.7 Å². The minimum atomic E-state index is -2.97. The van der Waals surface area contributed by atoms with Crippen molar-refractivity contribution in [2.45, 2.75) is 32.9 Å². The minimum Gasteiger partial charge on any atom is -0.435 e. The number of hydrogen-bond donors (Lipinski definition) is 2. The summed E-state index contributed by atoms with van der Waals surface area (Å²) in [4.78, 5) is 28.9. The Morgan fingerprint density at radius 3 is 2.66 bits per heavy atom. The van der Waals surface area contributed by atoms with Crippen LogP contribution >= 0.6 is 0 Å². The second-order valence-electron chi connectivity index (χ2n) is 8.88. The molecule has 5 rings (SSSR count). The van der Waals surface area contributed by atoms with E-state index in [1.54, 1.807) is 41.5 Å². The zero-order valence-corrected chi connectivity index (χ0v) is 19.1. The van der Waals surface area contributed by atoms with Gasteiger partial charge in [0, 0.05) is 29.5 Å². The number of amides is 1. The predicted molar refractivity (Wildman–Crippen MR) is 126 cm³/mol. The lowest BCUT2D eigenvalue weighted by Gasteiger charge is -2.19. The molecule has 4 aromatic heterocycles. The number of nitrogens with one attached hydrogen (secondary N) is 2. The first-order valence-corrected chi connectivity index (χ1v) is 10.7. The summed E-state index contributed by atoms with van der Waals surface area (Å²) in [6.07, 6.45) is 6.33. The lowest BCUT2D eigenvalue weighted by Crippen LogP contribution is -2.40. The monoisotopic (exact) mass is 477 g/mol. The molecule has 0 radical (unpaired) electrons. The van der Waals surface area contributed by atoms with Gasteiger partial charge in [-0.05, 0) is 51.1 Å². The van der Waals surface area contributed by atoms with E-state index in [1.807, 2.05) is 20.8 Å². The van der Waals surface area contributed by atoms with Crippen LogP contribution in [0.5, 0.6) is 5.75 Å². The molecule has 4 heterocycles. The summed E-state index contributed by atoms with van der Waals surface area (Å²) in [6.45, 7) is 2.68. The van der Waals surface area contributed by atoms with E-state index in [2.05, 4.69) is 30.0 Å². The molecule has 2 N–H and O–H groups in total. The largest absolute Gasteiger partial charge is 0.435 e. The molecular formula is C24H21F2N7O2. The zero-order valence-electron chi connectivity index (χ0n) is 19.1. The Morgan fingerprint density at radius 2 is 1.94 bits per heavy atom. The van der Waals surface area contributed by atoms with Gasteiger partial charge in [-0.3, -0.25) is 9.78 Å². The molecule has 0 aliphatic heterocycles. The van der Waals surface area contributed by atoms with Crippen LogP contribution in [0.25, 0.3) is 39.1 Å². The molecule has 11 heteroatoms. The highest BCUT2D eigenvalue weighted by atomic mass is 19.3. The van der Waals surface area contributed by atoms with Crippen molar-refractivity contribution >= 4 is 28.0 Å². The number of pyridine rings is 1. The SMILES string of the molecule is CC(C)(C)NC(=O)c1c[nH]c2ncc(-c3nn(-c4ccncc4)c4ccc(OC(F)F)cc34)nc12. The third-order valence-corrected chi connectivity index (χ3v) is 5.14. The fourth-order valence-electron chi connectivity index (χ4n) is 3.73. The second-order valence-corrected chi connectivity index (χ2v) is 8.88. The van der Waals surface area contributed by atoms with Crippen LogP contribution in [0, 0.1) is 0 Å². The number of alkyl halides is 2. The Kier molecular flexibility index (Phi) is 5.39. The van der Waals surface area contributed by atoms with Crippen LogP contribution in [-0.2, 0) is 0 Å². The summed E-state index contributed by atoms with van der Waals surface area (Å²) < 4.78 is 32.0. The molecule has 0 spiro atoms. The van der Waals surface area contributed by atoms with Crippen LogP contribution in [0.15, 0.2) is 55.1 Å². The van der Waals surface area contributed by atoms with E-state index >= 15 is 0 Å². The van der Waals surface area contributed by atoms with Gasteiger partial charge in [0.15, 0.2) is 5.65 Å². The van der Waals surface area contributed by atoms with Gasteiger partial charge in [0.1, 0.15) is 22.7 Å². The third kappa shape index (κ3) is 4.39. The summed E-state index contributed by atoms with van der Waals surface area (Å²) in [5, 5.41) is 8.15. The first-order valence-electron chi connectivity index (χ1n) is 10.7. The topological polar surface area (TPSA) is 111 Å². The summed E-state index contributed by atoms with van der Waals surface area (Å²) in [6, 6.07) is 8.13. The van der Waals surface area contributed by atoms with Gasteiger partial charge >= 0.3 is 6.61 Å². The molecule has 0 fully saturated rings. The number of aromatic nitrogens is 6. The Labute approximate surface area is 198 Å². The van der Waals surface area contributed by atoms with Crippen LogP contribution in [0.2, 0.25) is 0 Å². The highest BCUT2D eigenvalue weighted by Gasteiger charge is 2.22. The molecule has 0 aliphatic carbocycles. The van der Waals surface area contributed by atoms with Gasteiger partial charge in [0.2, 0.25) is 0 Å². The highest BCUT2D eigenvalue weighted by molar-refractivity contribution is 6.05. The quantitative estimate of drug-likeness (QED) is 0.386. The maximum Gasteiger partial charge on any atom is 0.387 e. The molecule has 1 aromatic carbocycles. The lowest BCUT2D eigenvalue weighted by atomic mass is 10.1. The van der Waals surface area contributed by atoms with Gasteiger partial charge in [-0.15, -0.1) is 0 Å². The van der Waals surface area contributed by atoms with Crippen molar-refractivity contribution in [3.8, 4) is 22.8 Å². The van der Waals surface area contributed by atoms with Crippen molar-refractivity contribution in [3.63, 3.8) is 0 Å². The molecule has 0 saturated carbocycles. The maximum absolute atomic E-state index is 12.9. The normalized spacial score (nSPS) is 11.9. The zero-order chi connectivity index (χ0) is 24.7. The number of rotatable bonds is 5. The van der Waals surface area contributed by atoms with Crippen LogP contribution in [-0.4, -0.2) is 47.8 Å². The third-order valence-electron chi connectivity index (χ3n) is 5.14. The number of benzene rings is 1. The second kappa shape index (κ2) is 8.42. The van der Waals surface area contributed by atoms with Crippen molar-refractivity contribution in [2.75, 3.05) is 0 Å². The first kappa shape index (κ1) is 22.4. The first-order chi connectivity index (χ1) is 16.7. The van der Waals surface area contributed by atoms with Gasteiger partial charge in [-0.2, -0.15) is 13.9 Å². The molecule has 35 heavy (non-hydrogen) atoms. The van der Waals surface area contributed by atoms with E-state index in [0.717, 1.165) is 5.69 Å². The number of H-pyrrole nitrogens is 1. The fraction of sp³-hybridized carbons (Fsp3) is 0.208. The van der Waals surface area contributed by atoms with Gasteiger partial charge in [-0.1, -0.05) is 0 Å². The number of carbonyl (C=O) groups is 1. The smallest absolute Gasteiger partial charge is 0.387 e.